The largest absolute Gasteiger partial charge is 0.496 e. The molecule has 3 rings (SSSR count). The van der Waals surface area contributed by atoms with E-state index in [2.05, 4.69) is 12.6 Å². The lowest BCUT2D eigenvalue weighted by atomic mass is 9.88. The molecule has 0 N–H and O–H groups in total. The maximum atomic E-state index is 12.8. The highest BCUT2D eigenvalue weighted by atomic mass is 16.5. The van der Waals surface area contributed by atoms with Crippen LogP contribution in [-0.4, -0.2) is 54.4 Å². The number of ether oxygens (including phenoxy) is 1. The van der Waals surface area contributed by atoms with E-state index in [1.165, 1.54) is 11.6 Å². The predicted molar refractivity (Wildman–Crippen MR) is 96.4 cm³/mol. The molecule has 2 aliphatic rings. The minimum Gasteiger partial charge on any atom is -0.496 e. The summed E-state index contributed by atoms with van der Waals surface area (Å²) in [6, 6.07) is 7.59. The SMILES string of the molecule is C=CC(=O)N1CC=C[C@H]1C(=O)N1CCC(c2ccccc2OC)CC1. The van der Waals surface area contributed by atoms with Gasteiger partial charge in [0.05, 0.1) is 7.11 Å². The normalized spacial score (nSPS) is 20.6. The molecule has 1 fully saturated rings. The van der Waals surface area contributed by atoms with E-state index in [4.69, 9.17) is 4.74 Å². The molecule has 2 amide bonds. The fourth-order valence-electron chi connectivity index (χ4n) is 3.68. The van der Waals surface area contributed by atoms with Crippen molar-refractivity contribution in [1.82, 2.24) is 9.80 Å². The van der Waals surface area contributed by atoms with Crippen LogP contribution in [0.2, 0.25) is 0 Å². The third-order valence-electron chi connectivity index (χ3n) is 5.05. The van der Waals surface area contributed by atoms with E-state index in [0.717, 1.165) is 18.6 Å². The predicted octanol–water partition coefficient (Wildman–Crippen LogP) is 2.35. The fourth-order valence-corrected chi connectivity index (χ4v) is 3.68. The van der Waals surface area contributed by atoms with Crippen molar-refractivity contribution in [3.05, 3.63) is 54.6 Å². The molecule has 0 aliphatic carbocycles. The second-order valence-corrected chi connectivity index (χ2v) is 6.41. The summed E-state index contributed by atoms with van der Waals surface area (Å²) in [5, 5.41) is 0. The van der Waals surface area contributed by atoms with E-state index in [1.807, 2.05) is 35.3 Å². The van der Waals surface area contributed by atoms with E-state index in [9.17, 15) is 9.59 Å². The number of para-hydroxylation sites is 1. The van der Waals surface area contributed by atoms with Gasteiger partial charge in [-0.15, -0.1) is 0 Å². The number of nitrogens with zero attached hydrogens (tertiary/aromatic N) is 2. The van der Waals surface area contributed by atoms with Crippen LogP contribution in [-0.2, 0) is 9.59 Å². The van der Waals surface area contributed by atoms with Crippen molar-refractivity contribution in [2.45, 2.75) is 24.8 Å². The van der Waals surface area contributed by atoms with E-state index in [1.54, 1.807) is 12.0 Å². The number of methoxy groups -OCH3 is 1. The van der Waals surface area contributed by atoms with Crippen molar-refractivity contribution >= 4 is 11.8 Å². The Morgan fingerprint density at radius 1 is 1.24 bits per heavy atom. The second kappa shape index (κ2) is 7.55. The molecule has 0 unspecified atom stereocenters. The maximum Gasteiger partial charge on any atom is 0.249 e. The van der Waals surface area contributed by atoms with Gasteiger partial charge in [-0.3, -0.25) is 9.59 Å². The number of benzene rings is 1. The Bertz CT molecular complexity index is 690. The first kappa shape index (κ1) is 17.3. The lowest BCUT2D eigenvalue weighted by Gasteiger charge is -2.35. The van der Waals surface area contributed by atoms with Crippen LogP contribution in [0.3, 0.4) is 0 Å². The van der Waals surface area contributed by atoms with Gasteiger partial charge in [0, 0.05) is 19.6 Å². The zero-order chi connectivity index (χ0) is 17.8. The van der Waals surface area contributed by atoms with Crippen molar-refractivity contribution < 1.29 is 14.3 Å². The monoisotopic (exact) mass is 340 g/mol. The first-order valence-electron chi connectivity index (χ1n) is 8.67. The number of amides is 2. The molecule has 1 aromatic rings. The number of rotatable bonds is 4. The van der Waals surface area contributed by atoms with Gasteiger partial charge in [0.15, 0.2) is 0 Å². The summed E-state index contributed by atoms with van der Waals surface area (Å²) in [5.74, 6) is 1.11. The average Bonchev–Trinajstić information content (AvgIpc) is 3.16. The van der Waals surface area contributed by atoms with Gasteiger partial charge in [-0.05, 0) is 36.5 Å². The summed E-state index contributed by atoms with van der Waals surface area (Å²) >= 11 is 0. The van der Waals surface area contributed by atoms with Gasteiger partial charge < -0.3 is 14.5 Å². The zero-order valence-electron chi connectivity index (χ0n) is 14.6. The standard InChI is InChI=1S/C20H24N2O3/c1-3-19(23)22-12-6-8-17(22)20(24)21-13-10-15(11-14-21)16-7-4-5-9-18(16)25-2/h3-9,15,17H,1,10-14H2,2H3/t17-/m0/s1. The van der Waals surface area contributed by atoms with E-state index in [0.29, 0.717) is 25.6 Å². The zero-order valence-corrected chi connectivity index (χ0v) is 14.6. The third kappa shape index (κ3) is 3.45. The maximum absolute atomic E-state index is 12.8. The highest BCUT2D eigenvalue weighted by Crippen LogP contribution is 2.34. The molecule has 25 heavy (non-hydrogen) atoms. The number of likely N-dealkylation sites (tertiary alicyclic amines) is 1. The topological polar surface area (TPSA) is 49.9 Å². The van der Waals surface area contributed by atoms with E-state index < -0.39 is 6.04 Å². The number of piperidine rings is 1. The van der Waals surface area contributed by atoms with Crippen molar-refractivity contribution in [3.63, 3.8) is 0 Å². The molecule has 1 saturated heterocycles. The van der Waals surface area contributed by atoms with Gasteiger partial charge in [-0.1, -0.05) is 36.9 Å². The highest BCUT2D eigenvalue weighted by Gasteiger charge is 2.34. The average molecular weight is 340 g/mol. The summed E-state index contributed by atoms with van der Waals surface area (Å²) < 4.78 is 5.46. The van der Waals surface area contributed by atoms with Crippen LogP contribution in [0.15, 0.2) is 49.1 Å². The number of hydrogen-bond donors (Lipinski definition) is 0. The Morgan fingerprint density at radius 2 is 1.96 bits per heavy atom. The second-order valence-electron chi connectivity index (χ2n) is 6.41. The van der Waals surface area contributed by atoms with E-state index in [-0.39, 0.29) is 11.8 Å². The highest BCUT2D eigenvalue weighted by molar-refractivity contribution is 5.94. The first-order chi connectivity index (χ1) is 12.2. The Hall–Kier alpha value is -2.56. The van der Waals surface area contributed by atoms with Gasteiger partial charge in [-0.25, -0.2) is 0 Å². The molecule has 1 atom stereocenters. The lowest BCUT2D eigenvalue weighted by molar-refractivity contribution is -0.141. The van der Waals surface area contributed by atoms with Gasteiger partial charge in [-0.2, -0.15) is 0 Å². The molecule has 2 heterocycles. The van der Waals surface area contributed by atoms with Crippen LogP contribution in [0.25, 0.3) is 0 Å². The molecule has 5 nitrogen and oxygen atoms in total. The Balaban J connectivity index is 1.64. The van der Waals surface area contributed by atoms with Gasteiger partial charge in [0.25, 0.3) is 0 Å². The summed E-state index contributed by atoms with van der Waals surface area (Å²) in [7, 11) is 1.69. The van der Waals surface area contributed by atoms with Crippen molar-refractivity contribution in [2.75, 3.05) is 26.7 Å². The smallest absolute Gasteiger partial charge is 0.249 e. The summed E-state index contributed by atoms with van der Waals surface area (Å²) in [6.07, 6.45) is 6.75. The molecule has 0 spiro atoms. The summed E-state index contributed by atoms with van der Waals surface area (Å²) in [5.41, 5.74) is 1.21. The third-order valence-corrected chi connectivity index (χ3v) is 5.05. The van der Waals surface area contributed by atoms with E-state index >= 15 is 0 Å². The van der Waals surface area contributed by atoms with Crippen LogP contribution >= 0.6 is 0 Å². The van der Waals surface area contributed by atoms with Crippen molar-refractivity contribution in [1.29, 1.82) is 0 Å². The van der Waals surface area contributed by atoms with Crippen LogP contribution in [0, 0.1) is 0 Å². The quantitative estimate of drug-likeness (QED) is 0.624. The Labute approximate surface area is 148 Å². The lowest BCUT2D eigenvalue weighted by Crippen LogP contribution is -2.49. The number of carbonyl (C=O) groups is 2. The molecule has 0 saturated carbocycles. The van der Waals surface area contributed by atoms with Crippen LogP contribution in [0.1, 0.15) is 24.3 Å². The summed E-state index contributed by atoms with van der Waals surface area (Å²) in [4.78, 5) is 28.1. The van der Waals surface area contributed by atoms with Gasteiger partial charge >= 0.3 is 0 Å². The minimum absolute atomic E-state index is 0.00225. The Kier molecular flexibility index (Phi) is 5.22. The molecular weight excluding hydrogens is 316 g/mol. The molecular formula is C20H24N2O3. The molecule has 0 aromatic heterocycles. The van der Waals surface area contributed by atoms with Crippen molar-refractivity contribution in [3.8, 4) is 5.75 Å². The Morgan fingerprint density at radius 3 is 2.64 bits per heavy atom. The molecule has 2 aliphatic heterocycles. The molecule has 0 bridgehead atoms. The molecule has 1 aromatic carbocycles. The number of hydrogen-bond acceptors (Lipinski definition) is 3. The molecule has 0 radical (unpaired) electrons. The molecule has 5 heteroatoms. The van der Waals surface area contributed by atoms with Gasteiger partial charge in [0.1, 0.15) is 11.8 Å². The first-order valence-corrected chi connectivity index (χ1v) is 8.67. The van der Waals surface area contributed by atoms with Crippen LogP contribution < -0.4 is 4.74 Å². The molecule has 132 valence electrons. The minimum atomic E-state index is -0.492. The van der Waals surface area contributed by atoms with Crippen molar-refractivity contribution in [2.24, 2.45) is 0 Å². The van der Waals surface area contributed by atoms with Crippen LogP contribution in [0.5, 0.6) is 5.75 Å². The van der Waals surface area contributed by atoms with Crippen LogP contribution in [0.4, 0.5) is 0 Å². The number of carbonyl (C=O) groups excluding carboxylic acids is 2. The fraction of sp³-hybridized carbons (Fsp3) is 0.400. The van der Waals surface area contributed by atoms with Gasteiger partial charge in [0.2, 0.25) is 11.8 Å². The summed E-state index contributed by atoms with van der Waals surface area (Å²) in [6.45, 7) is 5.38.